The average molecular weight is 386 g/mol. The molecule has 0 radical (unpaired) electrons. The van der Waals surface area contributed by atoms with Crippen LogP contribution in [-0.4, -0.2) is 79.0 Å². The van der Waals surface area contributed by atoms with E-state index in [-0.39, 0.29) is 11.7 Å². The molecule has 0 bridgehead atoms. The Balaban J connectivity index is 1.63. The summed E-state index contributed by atoms with van der Waals surface area (Å²) in [6.45, 7) is 5.61. The maximum atomic E-state index is 14.0. The number of nitrogens with zero attached hydrogens (tertiary/aromatic N) is 5. The number of hydrogen-bond acceptors (Lipinski definition) is 6. The third kappa shape index (κ3) is 4.95. The van der Waals surface area contributed by atoms with Gasteiger partial charge in [-0.25, -0.2) is 14.4 Å². The summed E-state index contributed by atoms with van der Waals surface area (Å²) in [5, 5.41) is 3.24. The largest absolute Gasteiger partial charge is 0.369 e. The van der Waals surface area contributed by atoms with Gasteiger partial charge in [0.25, 0.3) is 5.91 Å². The Morgan fingerprint density at radius 2 is 1.89 bits per heavy atom. The lowest BCUT2D eigenvalue weighted by Gasteiger charge is -2.36. The Bertz CT molecular complexity index is 820. The Morgan fingerprint density at radius 3 is 2.57 bits per heavy atom. The highest BCUT2D eigenvalue weighted by molar-refractivity contribution is 5.93. The van der Waals surface area contributed by atoms with Crippen LogP contribution in [0.3, 0.4) is 0 Å². The standard InChI is InChI=1S/C20H27FN6O/c1-15-23-17(14-19(24-15)22-8-9-25(2)3)20(28)27-12-10-26(11-13-27)18-7-5-4-6-16(18)21/h4-7,14H,8-13H2,1-3H3,(H,22,23,24). The van der Waals surface area contributed by atoms with E-state index in [1.54, 1.807) is 30.0 Å². The fourth-order valence-electron chi connectivity index (χ4n) is 3.20. The number of likely N-dealkylation sites (N-methyl/N-ethyl adjacent to an activating group) is 1. The Labute approximate surface area is 165 Å². The molecule has 1 saturated heterocycles. The van der Waals surface area contributed by atoms with Gasteiger partial charge in [0.15, 0.2) is 0 Å². The molecule has 1 aromatic heterocycles. The van der Waals surface area contributed by atoms with Crippen LogP contribution in [0.2, 0.25) is 0 Å². The van der Waals surface area contributed by atoms with E-state index in [1.807, 2.05) is 25.1 Å². The van der Waals surface area contributed by atoms with Crippen molar-refractivity contribution in [3.63, 3.8) is 0 Å². The molecule has 1 N–H and O–H groups in total. The van der Waals surface area contributed by atoms with Crippen LogP contribution in [0.5, 0.6) is 0 Å². The molecular formula is C20H27FN6O. The molecule has 1 aliphatic heterocycles. The number of carbonyl (C=O) groups excluding carboxylic acids is 1. The summed E-state index contributed by atoms with van der Waals surface area (Å²) in [7, 11) is 4.01. The third-order valence-corrected chi connectivity index (χ3v) is 4.68. The lowest BCUT2D eigenvalue weighted by molar-refractivity contribution is 0.0740. The topological polar surface area (TPSA) is 64.6 Å². The van der Waals surface area contributed by atoms with Crippen molar-refractivity contribution in [3.8, 4) is 0 Å². The molecule has 150 valence electrons. The van der Waals surface area contributed by atoms with Gasteiger partial charge in [-0.05, 0) is 33.2 Å². The molecule has 2 heterocycles. The summed E-state index contributed by atoms with van der Waals surface area (Å²) in [5.74, 6) is 0.863. The first-order chi connectivity index (χ1) is 13.4. The van der Waals surface area contributed by atoms with E-state index in [4.69, 9.17) is 0 Å². The maximum Gasteiger partial charge on any atom is 0.272 e. The lowest BCUT2D eigenvalue weighted by Crippen LogP contribution is -2.49. The number of carbonyl (C=O) groups is 1. The Morgan fingerprint density at radius 1 is 1.18 bits per heavy atom. The summed E-state index contributed by atoms with van der Waals surface area (Å²) in [5.41, 5.74) is 0.971. The van der Waals surface area contributed by atoms with Crippen molar-refractivity contribution in [1.29, 1.82) is 0 Å². The zero-order valence-electron chi connectivity index (χ0n) is 16.7. The monoisotopic (exact) mass is 386 g/mol. The predicted octanol–water partition coefficient (Wildman–Crippen LogP) is 1.86. The van der Waals surface area contributed by atoms with Gasteiger partial charge in [0.05, 0.1) is 5.69 Å². The molecule has 0 saturated carbocycles. The van der Waals surface area contributed by atoms with E-state index < -0.39 is 0 Å². The number of anilines is 2. The number of para-hydroxylation sites is 1. The van der Waals surface area contributed by atoms with Crippen molar-refractivity contribution in [2.75, 3.05) is 63.6 Å². The molecule has 8 heteroatoms. The van der Waals surface area contributed by atoms with Gasteiger partial charge in [0.2, 0.25) is 0 Å². The molecule has 1 amide bonds. The summed E-state index contributed by atoms with van der Waals surface area (Å²) >= 11 is 0. The molecule has 0 spiro atoms. The quantitative estimate of drug-likeness (QED) is 0.818. The van der Waals surface area contributed by atoms with Gasteiger partial charge in [-0.1, -0.05) is 12.1 Å². The van der Waals surface area contributed by atoms with Crippen LogP contribution in [0.25, 0.3) is 0 Å². The summed E-state index contributed by atoms with van der Waals surface area (Å²) in [6, 6.07) is 8.44. The SMILES string of the molecule is Cc1nc(NCCN(C)C)cc(C(=O)N2CCN(c3ccccc3F)CC2)n1. The first-order valence-corrected chi connectivity index (χ1v) is 9.47. The molecule has 0 aliphatic carbocycles. The third-order valence-electron chi connectivity index (χ3n) is 4.68. The maximum absolute atomic E-state index is 14.0. The van der Waals surface area contributed by atoms with Crippen LogP contribution < -0.4 is 10.2 Å². The minimum absolute atomic E-state index is 0.116. The zero-order chi connectivity index (χ0) is 20.1. The van der Waals surface area contributed by atoms with Crippen molar-refractivity contribution in [2.45, 2.75) is 6.92 Å². The molecule has 0 atom stereocenters. The number of piperazine rings is 1. The summed E-state index contributed by atoms with van der Waals surface area (Å²) in [4.78, 5) is 27.4. The lowest BCUT2D eigenvalue weighted by atomic mass is 10.2. The smallest absolute Gasteiger partial charge is 0.272 e. The van der Waals surface area contributed by atoms with Crippen LogP contribution in [0.15, 0.2) is 30.3 Å². The number of hydrogen-bond donors (Lipinski definition) is 1. The van der Waals surface area contributed by atoms with E-state index in [2.05, 4.69) is 20.2 Å². The van der Waals surface area contributed by atoms with E-state index in [1.165, 1.54) is 6.07 Å². The first-order valence-electron chi connectivity index (χ1n) is 9.47. The average Bonchev–Trinajstić information content (AvgIpc) is 2.67. The molecule has 3 rings (SSSR count). The highest BCUT2D eigenvalue weighted by Gasteiger charge is 2.24. The fourth-order valence-corrected chi connectivity index (χ4v) is 3.20. The molecule has 7 nitrogen and oxygen atoms in total. The van der Waals surface area contributed by atoms with E-state index >= 15 is 0 Å². The number of benzene rings is 1. The predicted molar refractivity (Wildman–Crippen MR) is 108 cm³/mol. The molecule has 2 aromatic rings. The minimum atomic E-state index is -0.234. The first kappa shape index (κ1) is 20.0. The number of halogens is 1. The number of aryl methyl sites for hydroxylation is 1. The normalized spacial score (nSPS) is 14.5. The Kier molecular flexibility index (Phi) is 6.41. The van der Waals surface area contributed by atoms with Gasteiger partial charge in [-0.2, -0.15) is 0 Å². The number of amides is 1. The number of nitrogens with one attached hydrogen (secondary N) is 1. The minimum Gasteiger partial charge on any atom is -0.369 e. The van der Waals surface area contributed by atoms with Crippen LogP contribution in [0, 0.1) is 12.7 Å². The molecular weight excluding hydrogens is 359 g/mol. The van der Waals surface area contributed by atoms with Gasteiger partial charge in [0, 0.05) is 45.3 Å². The van der Waals surface area contributed by atoms with Gasteiger partial charge in [-0.15, -0.1) is 0 Å². The van der Waals surface area contributed by atoms with Gasteiger partial charge in [-0.3, -0.25) is 4.79 Å². The highest BCUT2D eigenvalue weighted by Crippen LogP contribution is 2.21. The highest BCUT2D eigenvalue weighted by atomic mass is 19.1. The van der Waals surface area contributed by atoms with Crippen molar-refractivity contribution in [3.05, 3.63) is 47.7 Å². The Hall–Kier alpha value is -2.74. The second kappa shape index (κ2) is 8.97. The molecule has 1 aliphatic rings. The summed E-state index contributed by atoms with van der Waals surface area (Å²) < 4.78 is 14.0. The fraction of sp³-hybridized carbons (Fsp3) is 0.450. The zero-order valence-corrected chi connectivity index (χ0v) is 16.7. The van der Waals surface area contributed by atoms with Gasteiger partial charge in [0.1, 0.15) is 23.2 Å². The molecule has 1 fully saturated rings. The van der Waals surface area contributed by atoms with Crippen LogP contribution in [0.1, 0.15) is 16.3 Å². The van der Waals surface area contributed by atoms with Crippen LogP contribution >= 0.6 is 0 Å². The van der Waals surface area contributed by atoms with Crippen LogP contribution in [-0.2, 0) is 0 Å². The summed E-state index contributed by atoms with van der Waals surface area (Å²) in [6.07, 6.45) is 0. The second-order valence-corrected chi connectivity index (χ2v) is 7.15. The van der Waals surface area contributed by atoms with Crippen molar-refractivity contribution >= 4 is 17.4 Å². The van der Waals surface area contributed by atoms with E-state index in [0.717, 1.165) is 13.1 Å². The van der Waals surface area contributed by atoms with Crippen molar-refractivity contribution in [2.24, 2.45) is 0 Å². The van der Waals surface area contributed by atoms with Gasteiger partial charge >= 0.3 is 0 Å². The van der Waals surface area contributed by atoms with E-state index in [9.17, 15) is 9.18 Å². The second-order valence-electron chi connectivity index (χ2n) is 7.15. The molecule has 0 unspecified atom stereocenters. The van der Waals surface area contributed by atoms with Gasteiger partial charge < -0.3 is 20.0 Å². The van der Waals surface area contributed by atoms with Crippen molar-refractivity contribution in [1.82, 2.24) is 19.8 Å². The van der Waals surface area contributed by atoms with Crippen LogP contribution in [0.4, 0.5) is 15.9 Å². The molecule has 1 aromatic carbocycles. The molecule has 28 heavy (non-hydrogen) atoms. The van der Waals surface area contributed by atoms with E-state index in [0.29, 0.717) is 49.2 Å². The van der Waals surface area contributed by atoms with Crippen molar-refractivity contribution < 1.29 is 9.18 Å². The number of aromatic nitrogens is 2. The number of rotatable bonds is 6.